The van der Waals surface area contributed by atoms with Gasteiger partial charge in [0.05, 0.1) is 17.8 Å². The zero-order valence-corrected chi connectivity index (χ0v) is 13.5. The van der Waals surface area contributed by atoms with Gasteiger partial charge in [0, 0.05) is 31.3 Å². The van der Waals surface area contributed by atoms with Crippen molar-refractivity contribution in [2.75, 3.05) is 18.0 Å². The van der Waals surface area contributed by atoms with E-state index in [4.69, 9.17) is 0 Å². The Hall–Kier alpha value is -2.77. The first-order valence-electron chi connectivity index (χ1n) is 8.04. The summed E-state index contributed by atoms with van der Waals surface area (Å²) in [6.07, 6.45) is 3.04. The summed E-state index contributed by atoms with van der Waals surface area (Å²) in [5, 5.41) is 8.75. The lowest BCUT2D eigenvalue weighted by Gasteiger charge is -2.33. The molecule has 2 N–H and O–H groups in total. The van der Waals surface area contributed by atoms with E-state index in [1.807, 2.05) is 4.90 Å². The van der Waals surface area contributed by atoms with Crippen molar-refractivity contribution in [1.82, 2.24) is 15.5 Å². The smallest absolute Gasteiger partial charge is 0.266 e. The summed E-state index contributed by atoms with van der Waals surface area (Å²) in [7, 11) is 0. The number of nitrogens with one attached hydrogen (secondary N) is 2. The van der Waals surface area contributed by atoms with Crippen LogP contribution in [0.3, 0.4) is 0 Å². The molecule has 2 aromatic rings. The molecule has 0 spiro atoms. The molecular formula is C17H18F2N4O2. The number of H-pyrrole nitrogens is 1. The van der Waals surface area contributed by atoms with Crippen LogP contribution in [0.15, 0.2) is 35.3 Å². The number of piperidine rings is 1. The highest BCUT2D eigenvalue weighted by Crippen LogP contribution is 2.22. The van der Waals surface area contributed by atoms with Crippen LogP contribution in [0.2, 0.25) is 0 Å². The summed E-state index contributed by atoms with van der Waals surface area (Å²) in [5.41, 5.74) is 0.475. The Labute approximate surface area is 142 Å². The van der Waals surface area contributed by atoms with Gasteiger partial charge in [0.1, 0.15) is 11.6 Å². The molecular weight excluding hydrogens is 330 g/mol. The van der Waals surface area contributed by atoms with Gasteiger partial charge in [-0.25, -0.2) is 13.9 Å². The quantitative estimate of drug-likeness (QED) is 0.879. The summed E-state index contributed by atoms with van der Waals surface area (Å²) < 4.78 is 26.8. The molecule has 2 heterocycles. The van der Waals surface area contributed by atoms with Crippen LogP contribution in [0.25, 0.3) is 0 Å². The average Bonchev–Trinajstić information content (AvgIpc) is 2.62. The van der Waals surface area contributed by atoms with E-state index >= 15 is 0 Å². The molecule has 1 aliphatic rings. The summed E-state index contributed by atoms with van der Waals surface area (Å²) in [6, 6.07) is 4.59. The Balaban J connectivity index is 1.62. The van der Waals surface area contributed by atoms with Gasteiger partial charge in [0.15, 0.2) is 0 Å². The molecule has 1 atom stereocenters. The predicted molar refractivity (Wildman–Crippen MR) is 88.0 cm³/mol. The van der Waals surface area contributed by atoms with Crippen LogP contribution >= 0.6 is 0 Å². The van der Waals surface area contributed by atoms with Crippen molar-refractivity contribution in [3.63, 3.8) is 0 Å². The van der Waals surface area contributed by atoms with Crippen molar-refractivity contribution < 1.29 is 13.6 Å². The Morgan fingerprint density at radius 2 is 2.20 bits per heavy atom. The summed E-state index contributed by atoms with van der Waals surface area (Å²) in [6.45, 7) is 1.11. The van der Waals surface area contributed by atoms with Crippen LogP contribution in [0.4, 0.5) is 14.5 Å². The average molecular weight is 348 g/mol. The van der Waals surface area contributed by atoms with Crippen molar-refractivity contribution >= 4 is 11.6 Å². The number of rotatable bonds is 4. The molecule has 1 amide bonds. The van der Waals surface area contributed by atoms with Crippen molar-refractivity contribution in [1.29, 1.82) is 0 Å². The lowest BCUT2D eigenvalue weighted by molar-refractivity contribution is -0.125. The lowest BCUT2D eigenvalue weighted by atomic mass is 9.96. The molecule has 0 saturated carbocycles. The molecule has 0 radical (unpaired) electrons. The van der Waals surface area contributed by atoms with Gasteiger partial charge in [-0.3, -0.25) is 9.59 Å². The molecule has 1 saturated heterocycles. The fourth-order valence-corrected chi connectivity index (χ4v) is 2.97. The van der Waals surface area contributed by atoms with Gasteiger partial charge >= 0.3 is 0 Å². The molecule has 132 valence electrons. The Morgan fingerprint density at radius 1 is 1.36 bits per heavy atom. The van der Waals surface area contributed by atoms with Crippen LogP contribution in [-0.2, 0) is 11.3 Å². The lowest BCUT2D eigenvalue weighted by Crippen LogP contribution is -2.43. The standard InChI is InChI=1S/C17H18F2N4O2/c18-13-3-4-15(19)12(6-13)8-20-17(25)11-2-1-5-23(10-11)14-7-16(24)22-21-9-14/h3-4,6-7,9,11H,1-2,5,8,10H2,(H,20,25)(H,22,24)/t11-/m0/s1. The number of hydrogen-bond acceptors (Lipinski definition) is 4. The van der Waals surface area contributed by atoms with Crippen molar-refractivity contribution in [2.45, 2.75) is 19.4 Å². The number of hydrogen-bond donors (Lipinski definition) is 2. The molecule has 3 rings (SSSR count). The van der Waals surface area contributed by atoms with E-state index < -0.39 is 11.6 Å². The molecule has 25 heavy (non-hydrogen) atoms. The van der Waals surface area contributed by atoms with Crippen molar-refractivity contribution in [3.8, 4) is 0 Å². The first-order chi connectivity index (χ1) is 12.0. The van der Waals surface area contributed by atoms with Crippen LogP contribution in [-0.4, -0.2) is 29.2 Å². The maximum Gasteiger partial charge on any atom is 0.266 e. The minimum atomic E-state index is -0.554. The van der Waals surface area contributed by atoms with Gasteiger partial charge in [0.25, 0.3) is 5.56 Å². The minimum absolute atomic E-state index is 0.0640. The van der Waals surface area contributed by atoms with E-state index in [0.717, 1.165) is 31.2 Å². The molecule has 0 aliphatic carbocycles. The zero-order chi connectivity index (χ0) is 17.8. The maximum atomic E-state index is 13.6. The molecule has 1 aromatic carbocycles. The van der Waals surface area contributed by atoms with E-state index in [1.54, 1.807) is 6.20 Å². The number of carbonyl (C=O) groups is 1. The number of aromatic amines is 1. The second-order valence-corrected chi connectivity index (χ2v) is 6.04. The Kier molecular flexibility index (Phi) is 5.06. The van der Waals surface area contributed by atoms with Gasteiger partial charge in [-0.05, 0) is 31.0 Å². The molecule has 1 fully saturated rings. The highest BCUT2D eigenvalue weighted by Gasteiger charge is 2.26. The molecule has 1 aliphatic heterocycles. The molecule has 0 bridgehead atoms. The minimum Gasteiger partial charge on any atom is -0.369 e. The zero-order valence-electron chi connectivity index (χ0n) is 13.5. The molecule has 8 heteroatoms. The van der Waals surface area contributed by atoms with Gasteiger partial charge in [-0.15, -0.1) is 0 Å². The van der Waals surface area contributed by atoms with Gasteiger partial charge in [-0.2, -0.15) is 5.10 Å². The van der Waals surface area contributed by atoms with Crippen LogP contribution in [0.5, 0.6) is 0 Å². The first kappa shape index (κ1) is 17.1. The number of halogens is 2. The third-order valence-corrected chi connectivity index (χ3v) is 4.27. The number of benzene rings is 1. The predicted octanol–water partition coefficient (Wildman–Crippen LogP) is 1.58. The van der Waals surface area contributed by atoms with E-state index in [1.165, 1.54) is 6.07 Å². The van der Waals surface area contributed by atoms with Crippen molar-refractivity contribution in [2.24, 2.45) is 5.92 Å². The number of anilines is 1. The fourth-order valence-electron chi connectivity index (χ4n) is 2.97. The molecule has 6 nitrogen and oxygen atoms in total. The maximum absolute atomic E-state index is 13.6. The number of aromatic nitrogens is 2. The number of amides is 1. The summed E-state index contributed by atoms with van der Waals surface area (Å²) >= 11 is 0. The van der Waals surface area contributed by atoms with Crippen LogP contribution < -0.4 is 15.8 Å². The number of carbonyl (C=O) groups excluding carboxylic acids is 1. The third-order valence-electron chi connectivity index (χ3n) is 4.27. The Morgan fingerprint density at radius 3 is 3.00 bits per heavy atom. The largest absolute Gasteiger partial charge is 0.369 e. The fraction of sp³-hybridized carbons (Fsp3) is 0.353. The highest BCUT2D eigenvalue weighted by atomic mass is 19.1. The second kappa shape index (κ2) is 7.42. The van der Waals surface area contributed by atoms with Crippen LogP contribution in [0, 0.1) is 17.6 Å². The molecule has 1 aromatic heterocycles. The van der Waals surface area contributed by atoms with Gasteiger partial charge in [-0.1, -0.05) is 0 Å². The van der Waals surface area contributed by atoms with Gasteiger partial charge in [0.2, 0.25) is 5.91 Å². The third kappa shape index (κ3) is 4.20. The van der Waals surface area contributed by atoms with E-state index in [2.05, 4.69) is 15.5 Å². The molecule has 0 unspecified atom stereocenters. The van der Waals surface area contributed by atoms with E-state index in [9.17, 15) is 18.4 Å². The summed E-state index contributed by atoms with van der Waals surface area (Å²) in [4.78, 5) is 25.7. The topological polar surface area (TPSA) is 78.1 Å². The van der Waals surface area contributed by atoms with E-state index in [-0.39, 0.29) is 29.5 Å². The first-order valence-corrected chi connectivity index (χ1v) is 8.04. The Bertz CT molecular complexity index is 824. The SMILES string of the molecule is O=C(NCc1cc(F)ccc1F)[C@H]1CCCN(c2cn[nH]c(=O)c2)C1. The van der Waals surface area contributed by atoms with Crippen LogP contribution in [0.1, 0.15) is 18.4 Å². The normalized spacial score (nSPS) is 17.4. The summed E-state index contributed by atoms with van der Waals surface area (Å²) in [5.74, 6) is -1.60. The second-order valence-electron chi connectivity index (χ2n) is 6.04. The monoisotopic (exact) mass is 348 g/mol. The van der Waals surface area contributed by atoms with E-state index in [0.29, 0.717) is 18.7 Å². The van der Waals surface area contributed by atoms with Gasteiger partial charge < -0.3 is 10.2 Å². The van der Waals surface area contributed by atoms with Crippen molar-refractivity contribution in [3.05, 3.63) is 58.0 Å². The highest BCUT2D eigenvalue weighted by molar-refractivity contribution is 5.79. The number of nitrogens with zero attached hydrogens (tertiary/aromatic N) is 2.